The number of fused-ring (bicyclic) bond motifs is 5. The zero-order chi connectivity index (χ0) is 33.0. The smallest absolute Gasteiger partial charge is 0.0239 e. The molecule has 3 heteroatoms. The van der Waals surface area contributed by atoms with Gasteiger partial charge < -0.3 is 9.97 Å². The van der Waals surface area contributed by atoms with Crippen molar-refractivity contribution in [2.24, 2.45) is 0 Å². The van der Waals surface area contributed by atoms with Crippen LogP contribution in [0, 0.1) is 12.1 Å². The first kappa shape index (κ1) is 33.9. The number of rotatable bonds is 5. The molecule has 0 unspecified atom stereocenters. The molecule has 2 nitrogen and oxygen atoms in total. The van der Waals surface area contributed by atoms with Crippen molar-refractivity contribution in [3.8, 4) is 33.6 Å². The quantitative estimate of drug-likeness (QED) is 0.128. The topological polar surface area (TPSA) is 25.8 Å². The van der Waals surface area contributed by atoms with Gasteiger partial charge in [-0.05, 0) is 72.7 Å². The number of benzene rings is 6. The molecule has 2 aromatic heterocycles. The largest absolute Gasteiger partial charge is 0.304 e. The fraction of sp³-hybridized carbons (Fsp3) is 0.130. The Morgan fingerprint density at radius 1 is 0.531 bits per heavy atom. The summed E-state index contributed by atoms with van der Waals surface area (Å²) in [7, 11) is 0. The second-order valence-electron chi connectivity index (χ2n) is 12.9. The van der Waals surface area contributed by atoms with Gasteiger partial charge in [0.1, 0.15) is 0 Å². The Morgan fingerprint density at radius 2 is 1.24 bits per heavy atom. The fourth-order valence-corrected chi connectivity index (χ4v) is 6.26. The molecular formula is C46H38IrN2-2. The molecule has 0 saturated heterocycles. The number of pyridine rings is 2. The van der Waals surface area contributed by atoms with Crippen LogP contribution < -0.4 is 0 Å². The molecule has 8 rings (SSSR count). The molecule has 1 radical (unpaired) electrons. The van der Waals surface area contributed by atoms with Crippen LogP contribution in [0.1, 0.15) is 50.7 Å². The summed E-state index contributed by atoms with van der Waals surface area (Å²) in [5, 5.41) is 7.58. The van der Waals surface area contributed by atoms with Crippen molar-refractivity contribution in [3.63, 3.8) is 0 Å². The second-order valence-corrected chi connectivity index (χ2v) is 12.9. The first-order chi connectivity index (χ1) is 23.5. The Labute approximate surface area is 303 Å². The number of aromatic nitrogens is 2. The number of hydrogen-bond acceptors (Lipinski definition) is 2. The number of nitrogens with zero attached hydrogens (tertiary/aromatic N) is 2. The SMILES string of the molecule is CC(C)c1[c-]c(-c2nccc3c2ccc2c4ccccc4ccc32)cc(C(C)C)c1.[Ir].[c-]1ccccc1-c1ccc(-c2ccccc2)cn1. The van der Waals surface area contributed by atoms with Crippen LogP contribution in [0.3, 0.4) is 0 Å². The molecular weight excluding hydrogens is 773 g/mol. The van der Waals surface area contributed by atoms with E-state index in [2.05, 4.69) is 130 Å². The van der Waals surface area contributed by atoms with Gasteiger partial charge in [-0.1, -0.05) is 119 Å². The van der Waals surface area contributed by atoms with Gasteiger partial charge in [-0.15, -0.1) is 70.8 Å². The van der Waals surface area contributed by atoms with Crippen LogP contribution in [0.4, 0.5) is 0 Å². The molecule has 243 valence electrons. The predicted octanol–water partition coefficient (Wildman–Crippen LogP) is 12.5. The minimum atomic E-state index is 0. The molecule has 0 aliphatic carbocycles. The van der Waals surface area contributed by atoms with E-state index in [1.807, 2.05) is 60.9 Å². The summed E-state index contributed by atoms with van der Waals surface area (Å²) in [5.41, 5.74) is 9.01. The molecule has 0 spiro atoms. The Kier molecular flexibility index (Phi) is 10.4. The average molecular weight is 811 g/mol. The third kappa shape index (κ3) is 7.25. The molecule has 0 aliphatic heterocycles. The molecule has 0 amide bonds. The molecule has 0 bridgehead atoms. The van der Waals surface area contributed by atoms with E-state index in [1.165, 1.54) is 49.0 Å². The minimum absolute atomic E-state index is 0. The fourth-order valence-electron chi connectivity index (χ4n) is 6.26. The van der Waals surface area contributed by atoms with E-state index in [1.54, 1.807) is 0 Å². The molecule has 0 aliphatic rings. The minimum Gasteiger partial charge on any atom is -0.304 e. The molecule has 49 heavy (non-hydrogen) atoms. The molecule has 6 aromatic carbocycles. The van der Waals surface area contributed by atoms with Crippen molar-refractivity contribution in [1.29, 1.82) is 0 Å². The molecule has 0 fully saturated rings. The maximum Gasteiger partial charge on any atom is 0.0239 e. The Hall–Kier alpha value is -4.95. The zero-order valence-electron chi connectivity index (χ0n) is 28.2. The van der Waals surface area contributed by atoms with E-state index in [0.717, 1.165) is 28.1 Å². The number of hydrogen-bond donors (Lipinski definition) is 0. The average Bonchev–Trinajstić information content (AvgIpc) is 3.15. The summed E-state index contributed by atoms with van der Waals surface area (Å²) in [4.78, 5) is 9.31. The summed E-state index contributed by atoms with van der Waals surface area (Å²) in [6.07, 6.45) is 3.85. The van der Waals surface area contributed by atoms with Gasteiger partial charge in [0, 0.05) is 32.5 Å². The van der Waals surface area contributed by atoms with Crippen LogP contribution in [-0.4, -0.2) is 9.97 Å². The van der Waals surface area contributed by atoms with Gasteiger partial charge in [0.25, 0.3) is 0 Å². The van der Waals surface area contributed by atoms with Crippen LogP contribution in [0.15, 0.2) is 146 Å². The van der Waals surface area contributed by atoms with Gasteiger partial charge in [0.05, 0.1) is 0 Å². The van der Waals surface area contributed by atoms with E-state index < -0.39 is 0 Å². The van der Waals surface area contributed by atoms with Gasteiger partial charge in [0.15, 0.2) is 0 Å². The van der Waals surface area contributed by atoms with Crippen molar-refractivity contribution in [3.05, 3.63) is 169 Å². The normalized spacial score (nSPS) is 11.1. The molecule has 0 saturated carbocycles. The summed E-state index contributed by atoms with van der Waals surface area (Å²) >= 11 is 0. The van der Waals surface area contributed by atoms with E-state index in [9.17, 15) is 0 Å². The van der Waals surface area contributed by atoms with Gasteiger partial charge in [0.2, 0.25) is 0 Å². The molecule has 2 heterocycles. The maximum absolute atomic E-state index is 4.82. The summed E-state index contributed by atoms with van der Waals surface area (Å²) in [6.45, 7) is 8.96. The Morgan fingerprint density at radius 3 is 1.98 bits per heavy atom. The standard InChI is InChI=1S/C29H26N.C17H12N.Ir/c1-18(2)21-15-22(19(3)4)17-23(16-21)29-28-12-11-25-24-8-6-5-7-20(24)9-10-26(25)27(28)13-14-30-29;1-3-7-14(8-4-1)16-11-12-17(18-13-16)15-9-5-2-6-10-15;/h5-16,18-19H,1-4H3;1-9,11-13H;/q2*-1;. The third-order valence-electron chi connectivity index (χ3n) is 8.98. The second kappa shape index (κ2) is 15.1. The molecule has 0 N–H and O–H groups in total. The Balaban J connectivity index is 0.000000188. The summed E-state index contributed by atoms with van der Waals surface area (Å²) in [5.74, 6) is 0.905. The van der Waals surface area contributed by atoms with E-state index in [0.29, 0.717) is 11.8 Å². The van der Waals surface area contributed by atoms with Crippen molar-refractivity contribution >= 4 is 32.3 Å². The van der Waals surface area contributed by atoms with E-state index in [-0.39, 0.29) is 20.1 Å². The monoisotopic (exact) mass is 811 g/mol. The van der Waals surface area contributed by atoms with Gasteiger partial charge in [-0.3, -0.25) is 0 Å². The molecule has 8 aromatic rings. The van der Waals surface area contributed by atoms with Crippen LogP contribution in [-0.2, 0) is 20.1 Å². The Bertz CT molecular complexity index is 2240. The first-order valence-corrected chi connectivity index (χ1v) is 16.7. The maximum atomic E-state index is 4.82. The van der Waals surface area contributed by atoms with Crippen molar-refractivity contribution in [2.45, 2.75) is 39.5 Å². The summed E-state index contributed by atoms with van der Waals surface area (Å²) < 4.78 is 0. The van der Waals surface area contributed by atoms with Crippen LogP contribution in [0.2, 0.25) is 0 Å². The summed E-state index contributed by atoms with van der Waals surface area (Å²) in [6, 6.07) is 53.4. The third-order valence-corrected chi connectivity index (χ3v) is 8.98. The van der Waals surface area contributed by atoms with Crippen LogP contribution in [0.5, 0.6) is 0 Å². The predicted molar refractivity (Wildman–Crippen MR) is 203 cm³/mol. The first-order valence-electron chi connectivity index (χ1n) is 16.7. The molecule has 0 atom stereocenters. The van der Waals surface area contributed by atoms with Gasteiger partial charge >= 0.3 is 0 Å². The van der Waals surface area contributed by atoms with Crippen molar-refractivity contribution in [2.75, 3.05) is 0 Å². The van der Waals surface area contributed by atoms with Crippen LogP contribution >= 0.6 is 0 Å². The van der Waals surface area contributed by atoms with Crippen molar-refractivity contribution in [1.82, 2.24) is 9.97 Å². The zero-order valence-corrected chi connectivity index (χ0v) is 30.6. The van der Waals surface area contributed by atoms with Crippen LogP contribution in [0.25, 0.3) is 66.0 Å². The van der Waals surface area contributed by atoms with Gasteiger partial charge in [-0.2, -0.15) is 0 Å². The van der Waals surface area contributed by atoms with Gasteiger partial charge in [-0.25, -0.2) is 0 Å². The van der Waals surface area contributed by atoms with Crippen molar-refractivity contribution < 1.29 is 20.1 Å². The van der Waals surface area contributed by atoms with E-state index in [4.69, 9.17) is 4.98 Å². The van der Waals surface area contributed by atoms with E-state index >= 15 is 0 Å².